The number of anilines is 2. The molecule has 5 rings (SSSR count). The van der Waals surface area contributed by atoms with Crippen molar-refractivity contribution >= 4 is 29.3 Å². The highest BCUT2D eigenvalue weighted by Gasteiger charge is 2.38. The van der Waals surface area contributed by atoms with Crippen LogP contribution in [0.2, 0.25) is 0 Å². The number of amides is 1. The van der Waals surface area contributed by atoms with Gasteiger partial charge in [0.25, 0.3) is 12.3 Å². The molecule has 1 saturated heterocycles. The standard InChI is InChI=1S/C28H33F2N9O3/c1-28(2,25(29)30)26(32)42-23(31)24(40)36-22-7-9-39(19-14-41-15-19)12-17-10-16(4-5-20(17)22)21-6-8-33-27(37-21)35-18-11-34-38(3)13-18/h4-6,8,10-11,13,19,22,25,31-32H,7,9,12,14-15H2,1-3H3,(H,36,40)(H,33,35,37). The number of rotatable bonds is 7. The number of nitrogens with zero attached hydrogens (tertiary/aromatic N) is 5. The molecule has 3 aromatic rings. The second-order valence-electron chi connectivity index (χ2n) is 11.0. The fraction of sp³-hybridized carbons (Fsp3) is 0.429. The first-order valence-electron chi connectivity index (χ1n) is 13.5. The molecule has 42 heavy (non-hydrogen) atoms. The van der Waals surface area contributed by atoms with Gasteiger partial charge in [0.05, 0.1) is 42.9 Å². The molecule has 1 fully saturated rings. The van der Waals surface area contributed by atoms with Crippen molar-refractivity contribution in [2.24, 2.45) is 12.5 Å². The fourth-order valence-electron chi connectivity index (χ4n) is 4.68. The van der Waals surface area contributed by atoms with Gasteiger partial charge >= 0.3 is 5.91 Å². The number of carbonyl (C=O) groups is 1. The van der Waals surface area contributed by atoms with E-state index in [9.17, 15) is 13.6 Å². The van der Waals surface area contributed by atoms with Crippen molar-refractivity contribution < 1.29 is 23.0 Å². The van der Waals surface area contributed by atoms with Crippen LogP contribution >= 0.6 is 0 Å². The Morgan fingerprint density at radius 3 is 2.69 bits per heavy atom. The Balaban J connectivity index is 1.37. The van der Waals surface area contributed by atoms with E-state index in [0.29, 0.717) is 44.4 Å². The highest BCUT2D eigenvalue weighted by atomic mass is 19.3. The Bertz CT molecular complexity index is 1490. The van der Waals surface area contributed by atoms with Crippen LogP contribution in [0.15, 0.2) is 42.9 Å². The average molecular weight is 582 g/mol. The first-order chi connectivity index (χ1) is 20.0. The van der Waals surface area contributed by atoms with Gasteiger partial charge in [0.15, 0.2) is 0 Å². The highest BCUT2D eigenvalue weighted by Crippen LogP contribution is 2.33. The van der Waals surface area contributed by atoms with E-state index in [1.807, 2.05) is 37.5 Å². The van der Waals surface area contributed by atoms with Crippen molar-refractivity contribution in [1.82, 2.24) is 30.0 Å². The maximum atomic E-state index is 13.3. The molecular formula is C28H33F2N9O3. The molecule has 4 N–H and O–H groups in total. The number of alkyl halides is 2. The van der Waals surface area contributed by atoms with E-state index in [0.717, 1.165) is 36.2 Å². The quantitative estimate of drug-likeness (QED) is 0.244. The van der Waals surface area contributed by atoms with Crippen molar-refractivity contribution in [3.63, 3.8) is 0 Å². The third-order valence-corrected chi connectivity index (χ3v) is 7.49. The molecule has 0 radical (unpaired) electrons. The van der Waals surface area contributed by atoms with Crippen LogP contribution in [0.25, 0.3) is 11.3 Å². The zero-order valence-corrected chi connectivity index (χ0v) is 23.5. The smallest absolute Gasteiger partial charge is 0.307 e. The number of ether oxygens (including phenoxy) is 2. The summed E-state index contributed by atoms with van der Waals surface area (Å²) in [4.78, 5) is 24.2. The van der Waals surface area contributed by atoms with Gasteiger partial charge in [-0.25, -0.2) is 18.7 Å². The number of benzene rings is 1. The van der Waals surface area contributed by atoms with Gasteiger partial charge in [0.1, 0.15) is 5.41 Å². The van der Waals surface area contributed by atoms with Crippen LogP contribution in [0.4, 0.5) is 20.4 Å². The molecule has 0 saturated carbocycles. The van der Waals surface area contributed by atoms with Crippen molar-refractivity contribution in [2.75, 3.05) is 25.1 Å². The molecule has 1 aromatic carbocycles. The Labute approximate surface area is 241 Å². The maximum absolute atomic E-state index is 13.3. The molecule has 1 atom stereocenters. The van der Waals surface area contributed by atoms with Gasteiger partial charge in [-0.1, -0.05) is 12.1 Å². The lowest BCUT2D eigenvalue weighted by Gasteiger charge is -2.36. The van der Waals surface area contributed by atoms with Crippen molar-refractivity contribution in [2.45, 2.75) is 45.3 Å². The largest absolute Gasteiger partial charge is 0.420 e. The number of aryl methyl sites for hydroxylation is 1. The van der Waals surface area contributed by atoms with Gasteiger partial charge < -0.3 is 20.1 Å². The molecule has 222 valence electrons. The van der Waals surface area contributed by atoms with E-state index in [1.165, 1.54) is 0 Å². The van der Waals surface area contributed by atoms with Crippen LogP contribution in [0, 0.1) is 16.2 Å². The Hall–Kier alpha value is -4.30. The minimum absolute atomic E-state index is 0.254. The zero-order valence-electron chi connectivity index (χ0n) is 23.5. The summed E-state index contributed by atoms with van der Waals surface area (Å²) in [7, 11) is 1.82. The summed E-state index contributed by atoms with van der Waals surface area (Å²) in [6.45, 7) is 4.79. The molecule has 1 amide bonds. The van der Waals surface area contributed by atoms with E-state index in [4.69, 9.17) is 20.3 Å². The van der Waals surface area contributed by atoms with E-state index in [1.54, 1.807) is 17.1 Å². The summed E-state index contributed by atoms with van der Waals surface area (Å²) >= 11 is 0. The van der Waals surface area contributed by atoms with E-state index in [-0.39, 0.29) is 6.04 Å². The third kappa shape index (κ3) is 6.29. The van der Waals surface area contributed by atoms with Gasteiger partial charge in [-0.15, -0.1) is 0 Å². The molecule has 2 aliphatic rings. The summed E-state index contributed by atoms with van der Waals surface area (Å²) in [5.41, 5.74) is 2.24. The number of carbonyl (C=O) groups excluding carboxylic acids is 1. The van der Waals surface area contributed by atoms with Crippen molar-refractivity contribution in [1.29, 1.82) is 10.8 Å². The molecule has 1 unspecified atom stereocenters. The number of hydrogen-bond acceptors (Lipinski definition) is 10. The predicted octanol–water partition coefficient (Wildman–Crippen LogP) is 3.64. The lowest BCUT2D eigenvalue weighted by atomic mass is 9.94. The predicted molar refractivity (Wildman–Crippen MR) is 151 cm³/mol. The third-order valence-electron chi connectivity index (χ3n) is 7.49. The zero-order chi connectivity index (χ0) is 30.0. The number of nitrogens with one attached hydrogen (secondary N) is 4. The normalized spacial score (nSPS) is 17.6. The van der Waals surface area contributed by atoms with Crippen LogP contribution < -0.4 is 10.6 Å². The molecular weight excluding hydrogens is 548 g/mol. The monoisotopic (exact) mass is 581 g/mol. The Kier molecular flexibility index (Phi) is 8.27. The van der Waals surface area contributed by atoms with Gasteiger partial charge in [-0.3, -0.25) is 25.2 Å². The molecule has 4 heterocycles. The molecule has 0 spiro atoms. The number of fused-ring (bicyclic) bond motifs is 1. The molecule has 0 bridgehead atoms. The first-order valence-corrected chi connectivity index (χ1v) is 13.5. The second kappa shape index (κ2) is 11.9. The Morgan fingerprint density at radius 2 is 2.02 bits per heavy atom. The first kappa shape index (κ1) is 29.2. The molecule has 0 aliphatic carbocycles. The van der Waals surface area contributed by atoms with E-state index < -0.39 is 35.6 Å². The minimum Gasteiger partial charge on any atom is -0.420 e. The van der Waals surface area contributed by atoms with E-state index in [2.05, 4.69) is 30.6 Å². The topological polar surface area (TPSA) is 154 Å². The van der Waals surface area contributed by atoms with Crippen LogP contribution in [0.1, 0.15) is 37.4 Å². The van der Waals surface area contributed by atoms with Gasteiger partial charge in [0.2, 0.25) is 11.8 Å². The summed E-state index contributed by atoms with van der Waals surface area (Å²) in [5, 5.41) is 26.0. The molecule has 2 aromatic heterocycles. The lowest BCUT2D eigenvalue weighted by Crippen LogP contribution is -2.48. The average Bonchev–Trinajstić information content (AvgIpc) is 3.25. The van der Waals surface area contributed by atoms with Gasteiger partial charge in [-0.05, 0) is 43.5 Å². The molecule has 12 nitrogen and oxygen atoms in total. The number of hydrogen-bond donors (Lipinski definition) is 4. The second-order valence-corrected chi connectivity index (χ2v) is 11.0. The Morgan fingerprint density at radius 1 is 1.24 bits per heavy atom. The van der Waals surface area contributed by atoms with Crippen molar-refractivity contribution in [3.05, 3.63) is 54.0 Å². The summed E-state index contributed by atoms with van der Waals surface area (Å²) < 4.78 is 38.6. The summed E-state index contributed by atoms with van der Waals surface area (Å²) in [6, 6.07) is 7.48. The van der Waals surface area contributed by atoms with Crippen LogP contribution in [0.3, 0.4) is 0 Å². The van der Waals surface area contributed by atoms with Crippen LogP contribution in [-0.2, 0) is 27.9 Å². The lowest BCUT2D eigenvalue weighted by molar-refractivity contribution is -0.116. The molecule has 14 heteroatoms. The van der Waals surface area contributed by atoms with Crippen molar-refractivity contribution in [3.8, 4) is 11.3 Å². The SMILES string of the molecule is Cn1cc(Nc2nccc(-c3ccc4c(c3)CN(C3COC3)CCC4NC(=O)C(=N)OC(=N)C(C)(C)C(F)F)n2)cn1. The fourth-order valence-corrected chi connectivity index (χ4v) is 4.68. The number of aromatic nitrogens is 4. The van der Waals surface area contributed by atoms with Crippen LogP contribution in [-0.4, -0.2) is 74.6 Å². The minimum atomic E-state index is -2.89. The van der Waals surface area contributed by atoms with Gasteiger partial charge in [0, 0.05) is 38.1 Å². The van der Waals surface area contributed by atoms with E-state index >= 15 is 0 Å². The highest BCUT2D eigenvalue weighted by molar-refractivity contribution is 6.35. The van der Waals surface area contributed by atoms with Gasteiger partial charge in [-0.2, -0.15) is 5.10 Å². The maximum Gasteiger partial charge on any atom is 0.307 e. The summed E-state index contributed by atoms with van der Waals surface area (Å²) in [6.07, 6.45) is 2.83. The molecule has 2 aliphatic heterocycles. The number of halogens is 2. The summed E-state index contributed by atoms with van der Waals surface area (Å²) in [5.74, 6) is -2.21. The van der Waals surface area contributed by atoms with Crippen LogP contribution in [0.5, 0.6) is 0 Å².